The van der Waals surface area contributed by atoms with Crippen molar-refractivity contribution >= 4 is 28.8 Å². The van der Waals surface area contributed by atoms with Crippen LogP contribution in [0.5, 0.6) is 0 Å². The highest BCUT2D eigenvalue weighted by atomic mass is 19.1. The first-order valence-corrected chi connectivity index (χ1v) is 8.78. The van der Waals surface area contributed by atoms with Crippen LogP contribution in [0.4, 0.5) is 19.4 Å². The summed E-state index contributed by atoms with van der Waals surface area (Å²) in [6, 6.07) is 3.05. The van der Waals surface area contributed by atoms with Gasteiger partial charge in [0, 0.05) is 30.6 Å². The molecule has 0 unspecified atom stereocenters. The first-order valence-electron chi connectivity index (χ1n) is 8.78. The number of carbonyl (C=O) groups excluding carboxylic acids is 2. The van der Waals surface area contributed by atoms with Crippen LogP contribution >= 0.6 is 0 Å². The van der Waals surface area contributed by atoms with E-state index in [2.05, 4.69) is 15.6 Å². The Morgan fingerprint density at radius 3 is 2.50 bits per heavy atom. The molecule has 28 heavy (non-hydrogen) atoms. The van der Waals surface area contributed by atoms with E-state index < -0.39 is 29.3 Å². The molecular formula is C19H23F2N3O4. The van der Waals surface area contributed by atoms with Gasteiger partial charge in [-0.2, -0.15) is 0 Å². The number of nitrogens with zero attached hydrogens (tertiary/aromatic N) is 1. The van der Waals surface area contributed by atoms with Crippen molar-refractivity contribution in [1.29, 1.82) is 0 Å². The molecule has 1 aromatic carbocycles. The van der Waals surface area contributed by atoms with E-state index >= 15 is 0 Å². The molecule has 0 aliphatic heterocycles. The lowest BCUT2D eigenvalue weighted by Crippen LogP contribution is -2.35. The van der Waals surface area contributed by atoms with Crippen molar-refractivity contribution in [1.82, 2.24) is 10.3 Å². The molecule has 0 aliphatic carbocycles. The van der Waals surface area contributed by atoms with Gasteiger partial charge in [-0.3, -0.25) is 0 Å². The molecule has 2 aromatic rings. The number of aromatic nitrogens is 1. The Kier molecular flexibility index (Phi) is 6.71. The van der Waals surface area contributed by atoms with Crippen molar-refractivity contribution in [3.8, 4) is 0 Å². The second kappa shape index (κ2) is 8.81. The zero-order chi connectivity index (χ0) is 20.9. The van der Waals surface area contributed by atoms with Gasteiger partial charge in [-0.25, -0.2) is 23.4 Å². The third-order valence-electron chi connectivity index (χ3n) is 3.43. The zero-order valence-corrected chi connectivity index (χ0v) is 16.2. The SMILES string of the molecule is CCOC(=O)c1cc2c(F)cc(F)cc2nc1NCCNC(=O)OC(C)(C)C. The minimum Gasteiger partial charge on any atom is -0.462 e. The highest BCUT2D eigenvalue weighted by Gasteiger charge is 2.18. The Morgan fingerprint density at radius 2 is 1.86 bits per heavy atom. The van der Waals surface area contributed by atoms with Gasteiger partial charge in [-0.15, -0.1) is 0 Å². The minimum absolute atomic E-state index is 0.00174. The van der Waals surface area contributed by atoms with Crippen LogP contribution in [-0.2, 0) is 9.47 Å². The van der Waals surface area contributed by atoms with E-state index in [0.717, 1.165) is 12.1 Å². The summed E-state index contributed by atoms with van der Waals surface area (Å²) in [5.41, 5.74) is -0.562. The summed E-state index contributed by atoms with van der Waals surface area (Å²) in [7, 11) is 0. The largest absolute Gasteiger partial charge is 0.462 e. The third kappa shape index (κ3) is 5.77. The Hall–Kier alpha value is -2.97. The topological polar surface area (TPSA) is 89.5 Å². The molecule has 1 aromatic heterocycles. The number of alkyl carbamates (subject to hydrolysis) is 1. The van der Waals surface area contributed by atoms with Crippen LogP contribution in [-0.4, -0.2) is 42.3 Å². The number of pyridine rings is 1. The molecule has 2 rings (SSSR count). The lowest BCUT2D eigenvalue weighted by molar-refractivity contribution is 0.0516. The minimum atomic E-state index is -0.828. The van der Waals surface area contributed by atoms with E-state index in [4.69, 9.17) is 9.47 Å². The van der Waals surface area contributed by atoms with Crippen LogP contribution in [0.1, 0.15) is 38.1 Å². The number of benzene rings is 1. The molecule has 7 nitrogen and oxygen atoms in total. The number of nitrogens with one attached hydrogen (secondary N) is 2. The molecule has 1 amide bonds. The fourth-order valence-corrected chi connectivity index (χ4v) is 2.36. The number of fused-ring (bicyclic) bond motifs is 1. The van der Waals surface area contributed by atoms with Crippen molar-refractivity contribution in [2.45, 2.75) is 33.3 Å². The number of esters is 1. The van der Waals surface area contributed by atoms with Crippen LogP contribution in [0.25, 0.3) is 10.9 Å². The number of rotatable bonds is 6. The highest BCUT2D eigenvalue weighted by Crippen LogP contribution is 2.24. The maximum Gasteiger partial charge on any atom is 0.407 e. The molecular weight excluding hydrogens is 372 g/mol. The molecule has 0 atom stereocenters. The first kappa shape index (κ1) is 21.3. The predicted octanol–water partition coefficient (Wildman–Crippen LogP) is 3.63. The van der Waals surface area contributed by atoms with Crippen LogP contribution < -0.4 is 10.6 Å². The molecule has 0 aliphatic rings. The van der Waals surface area contributed by atoms with Gasteiger partial charge >= 0.3 is 12.1 Å². The summed E-state index contributed by atoms with van der Waals surface area (Å²) in [6.07, 6.45) is -0.587. The summed E-state index contributed by atoms with van der Waals surface area (Å²) in [4.78, 5) is 28.0. The smallest absolute Gasteiger partial charge is 0.407 e. The van der Waals surface area contributed by atoms with Crippen molar-refractivity contribution in [3.63, 3.8) is 0 Å². The summed E-state index contributed by atoms with van der Waals surface area (Å²) in [5, 5.41) is 5.43. The number of hydrogen-bond acceptors (Lipinski definition) is 6. The number of amides is 1. The van der Waals surface area contributed by atoms with Gasteiger partial charge in [0.05, 0.1) is 12.1 Å². The molecule has 0 bridgehead atoms. The Balaban J connectivity index is 2.18. The number of ether oxygens (including phenoxy) is 2. The van der Waals surface area contributed by atoms with E-state index in [1.54, 1.807) is 27.7 Å². The van der Waals surface area contributed by atoms with Gasteiger partial charge in [0.2, 0.25) is 0 Å². The maximum absolute atomic E-state index is 14.0. The van der Waals surface area contributed by atoms with Crippen molar-refractivity contribution in [2.75, 3.05) is 25.0 Å². The number of halogens is 2. The lowest BCUT2D eigenvalue weighted by Gasteiger charge is -2.19. The van der Waals surface area contributed by atoms with Gasteiger partial charge in [0.15, 0.2) is 0 Å². The monoisotopic (exact) mass is 395 g/mol. The fraction of sp³-hybridized carbons (Fsp3) is 0.421. The van der Waals surface area contributed by atoms with Crippen LogP contribution in [0.2, 0.25) is 0 Å². The van der Waals surface area contributed by atoms with Gasteiger partial charge in [-0.1, -0.05) is 0 Å². The summed E-state index contributed by atoms with van der Waals surface area (Å²) >= 11 is 0. The standard InChI is InChI=1S/C19H23F2N3O4/c1-5-27-17(25)13-10-12-14(21)8-11(20)9-15(12)24-16(13)22-6-7-23-18(26)28-19(2,3)4/h8-10H,5-7H2,1-4H3,(H,22,24)(H,23,26). The Bertz CT molecular complexity index is 882. The van der Waals surface area contributed by atoms with Gasteiger partial charge in [0.25, 0.3) is 0 Å². The average Bonchev–Trinajstić information content (AvgIpc) is 2.56. The van der Waals surface area contributed by atoms with Crippen LogP contribution in [0.3, 0.4) is 0 Å². The highest BCUT2D eigenvalue weighted by molar-refractivity contribution is 5.99. The van der Waals surface area contributed by atoms with E-state index in [0.29, 0.717) is 0 Å². The van der Waals surface area contributed by atoms with Crippen LogP contribution in [0.15, 0.2) is 18.2 Å². The second-order valence-corrected chi connectivity index (χ2v) is 6.91. The molecule has 9 heteroatoms. The Labute approximate surface area is 161 Å². The molecule has 0 fully saturated rings. The molecule has 0 saturated carbocycles. The van der Waals surface area contributed by atoms with E-state index in [1.807, 2.05) is 0 Å². The lowest BCUT2D eigenvalue weighted by atomic mass is 10.1. The molecule has 0 spiro atoms. The second-order valence-electron chi connectivity index (χ2n) is 6.91. The maximum atomic E-state index is 14.0. The fourth-order valence-electron chi connectivity index (χ4n) is 2.36. The van der Waals surface area contributed by atoms with E-state index in [9.17, 15) is 18.4 Å². The molecule has 152 valence electrons. The van der Waals surface area contributed by atoms with Gasteiger partial charge in [-0.05, 0) is 33.8 Å². The number of anilines is 1. The molecule has 2 N–H and O–H groups in total. The summed E-state index contributed by atoms with van der Waals surface area (Å²) in [5.74, 6) is -2.20. The third-order valence-corrected chi connectivity index (χ3v) is 3.43. The predicted molar refractivity (Wildman–Crippen MR) is 100 cm³/mol. The first-order chi connectivity index (χ1) is 13.1. The van der Waals surface area contributed by atoms with Crippen LogP contribution in [0, 0.1) is 11.6 Å². The Morgan fingerprint density at radius 1 is 1.14 bits per heavy atom. The quantitative estimate of drug-likeness (QED) is 0.574. The normalized spacial score (nSPS) is 11.2. The molecule has 0 radical (unpaired) electrons. The van der Waals surface area contributed by atoms with Crippen molar-refractivity contribution in [2.24, 2.45) is 0 Å². The van der Waals surface area contributed by atoms with Crippen molar-refractivity contribution < 1.29 is 27.8 Å². The van der Waals surface area contributed by atoms with Crippen molar-refractivity contribution in [3.05, 3.63) is 35.4 Å². The van der Waals surface area contributed by atoms with E-state index in [1.165, 1.54) is 6.07 Å². The summed E-state index contributed by atoms with van der Waals surface area (Å²) in [6.45, 7) is 7.37. The molecule has 1 heterocycles. The van der Waals surface area contributed by atoms with E-state index in [-0.39, 0.29) is 42.0 Å². The zero-order valence-electron chi connectivity index (χ0n) is 16.2. The average molecular weight is 395 g/mol. The number of hydrogen-bond donors (Lipinski definition) is 2. The molecule has 0 saturated heterocycles. The van der Waals surface area contributed by atoms with Gasteiger partial charge < -0.3 is 20.1 Å². The van der Waals surface area contributed by atoms with Gasteiger partial charge in [0.1, 0.15) is 28.6 Å². The summed E-state index contributed by atoms with van der Waals surface area (Å²) < 4.78 is 37.6. The number of carbonyl (C=O) groups is 2.